The highest BCUT2D eigenvalue weighted by atomic mass is 32.2. The van der Waals surface area contributed by atoms with E-state index in [1.54, 1.807) is 0 Å². The second-order valence-corrected chi connectivity index (χ2v) is 6.03. The molecule has 0 bridgehead atoms. The number of amides is 1. The minimum absolute atomic E-state index is 0.108. The van der Waals surface area contributed by atoms with Crippen LogP contribution in [-0.2, 0) is 15.7 Å². The number of carbonyl (C=O) groups is 1. The molecule has 0 saturated carbocycles. The molecule has 1 rings (SSSR count). The van der Waals surface area contributed by atoms with E-state index in [-0.39, 0.29) is 30.0 Å². The normalized spacial score (nSPS) is 16.3. The van der Waals surface area contributed by atoms with E-state index in [0.717, 1.165) is 25.9 Å². The Morgan fingerprint density at radius 2 is 1.67 bits per heavy atom. The van der Waals surface area contributed by atoms with Crippen molar-refractivity contribution in [2.45, 2.75) is 12.8 Å². The van der Waals surface area contributed by atoms with Crippen LogP contribution in [0.15, 0.2) is 0 Å². The van der Waals surface area contributed by atoms with Crippen LogP contribution in [0.25, 0.3) is 0 Å². The maximum atomic E-state index is 11.8. The zero-order valence-electron chi connectivity index (χ0n) is 9.02. The van der Waals surface area contributed by atoms with Crippen LogP contribution < -0.4 is 0 Å². The van der Waals surface area contributed by atoms with Gasteiger partial charge < -0.3 is 15.1 Å². The lowest BCUT2D eigenvalue weighted by atomic mass is 10.4. The van der Waals surface area contributed by atoms with Gasteiger partial charge in [0.05, 0.1) is 13.2 Å². The van der Waals surface area contributed by atoms with E-state index < -0.39 is 0 Å². The number of hydrogen-bond acceptors (Lipinski definition) is 3. The van der Waals surface area contributed by atoms with E-state index in [1.165, 1.54) is 0 Å². The first-order chi connectivity index (χ1) is 7.27. The molecular formula is C10H20NO3S+. The summed E-state index contributed by atoms with van der Waals surface area (Å²) in [4.78, 5) is 13.7. The van der Waals surface area contributed by atoms with Crippen molar-refractivity contribution in [1.82, 2.24) is 4.90 Å². The lowest BCUT2D eigenvalue weighted by Gasteiger charge is -2.15. The Kier molecular flexibility index (Phi) is 6.05. The van der Waals surface area contributed by atoms with Crippen LogP contribution in [0.2, 0.25) is 0 Å². The zero-order chi connectivity index (χ0) is 11.1. The van der Waals surface area contributed by atoms with Crippen molar-refractivity contribution >= 4 is 16.8 Å². The molecule has 5 heteroatoms. The number of likely N-dealkylation sites (tertiary alicyclic amines) is 1. The highest BCUT2D eigenvalue weighted by Gasteiger charge is 2.26. The Morgan fingerprint density at radius 3 is 2.13 bits per heavy atom. The molecule has 1 heterocycles. The Hall–Kier alpha value is -0.260. The third-order valence-corrected chi connectivity index (χ3v) is 4.72. The second kappa shape index (κ2) is 7.09. The molecule has 1 aliphatic rings. The smallest absolute Gasteiger partial charge is 0.272 e. The number of carbonyl (C=O) groups excluding carboxylic acids is 1. The van der Waals surface area contributed by atoms with Crippen molar-refractivity contribution < 1.29 is 15.0 Å². The molecule has 0 aromatic rings. The first-order valence-electron chi connectivity index (χ1n) is 5.41. The molecule has 15 heavy (non-hydrogen) atoms. The van der Waals surface area contributed by atoms with Crippen molar-refractivity contribution in [3.8, 4) is 0 Å². The second-order valence-electron chi connectivity index (χ2n) is 3.70. The SMILES string of the molecule is O=C(C[S+](CCO)CCO)N1CCCC1. The van der Waals surface area contributed by atoms with Crippen LogP contribution in [0.1, 0.15) is 12.8 Å². The largest absolute Gasteiger partial charge is 0.391 e. The first-order valence-corrected chi connectivity index (χ1v) is 7.14. The summed E-state index contributed by atoms with van der Waals surface area (Å²) >= 11 is 0. The van der Waals surface area contributed by atoms with E-state index in [2.05, 4.69) is 0 Å². The molecule has 1 aliphatic heterocycles. The Bertz CT molecular complexity index is 189. The highest BCUT2D eigenvalue weighted by Crippen LogP contribution is 2.09. The molecular weight excluding hydrogens is 214 g/mol. The minimum Gasteiger partial charge on any atom is -0.391 e. The Balaban J connectivity index is 2.31. The van der Waals surface area contributed by atoms with Gasteiger partial charge in [0.1, 0.15) is 11.5 Å². The van der Waals surface area contributed by atoms with Crippen LogP contribution in [0.3, 0.4) is 0 Å². The fourth-order valence-corrected chi connectivity index (χ4v) is 3.28. The highest BCUT2D eigenvalue weighted by molar-refractivity contribution is 7.97. The van der Waals surface area contributed by atoms with Gasteiger partial charge in [0.15, 0.2) is 5.75 Å². The van der Waals surface area contributed by atoms with Gasteiger partial charge in [-0.05, 0) is 12.8 Å². The molecule has 0 aromatic heterocycles. The Morgan fingerprint density at radius 1 is 1.13 bits per heavy atom. The third kappa shape index (κ3) is 4.40. The third-order valence-electron chi connectivity index (χ3n) is 2.55. The molecule has 2 N–H and O–H groups in total. The molecule has 1 amide bonds. The summed E-state index contributed by atoms with van der Waals surface area (Å²) in [5, 5.41) is 17.7. The average Bonchev–Trinajstić information content (AvgIpc) is 2.71. The van der Waals surface area contributed by atoms with Crippen molar-refractivity contribution in [2.24, 2.45) is 0 Å². The Labute approximate surface area is 93.6 Å². The molecule has 0 unspecified atom stereocenters. The van der Waals surface area contributed by atoms with Gasteiger partial charge in [0.2, 0.25) is 0 Å². The fraction of sp³-hybridized carbons (Fsp3) is 0.900. The van der Waals surface area contributed by atoms with Crippen LogP contribution >= 0.6 is 0 Å². The van der Waals surface area contributed by atoms with E-state index >= 15 is 0 Å². The van der Waals surface area contributed by atoms with Crippen LogP contribution in [0.5, 0.6) is 0 Å². The molecule has 0 atom stereocenters. The predicted molar refractivity (Wildman–Crippen MR) is 62.0 cm³/mol. The van der Waals surface area contributed by atoms with Crippen molar-refractivity contribution in [2.75, 3.05) is 43.6 Å². The van der Waals surface area contributed by atoms with E-state index in [4.69, 9.17) is 10.2 Å². The van der Waals surface area contributed by atoms with Crippen LogP contribution in [-0.4, -0.2) is 64.6 Å². The lowest BCUT2D eigenvalue weighted by molar-refractivity contribution is -0.127. The van der Waals surface area contributed by atoms with Crippen LogP contribution in [0.4, 0.5) is 0 Å². The van der Waals surface area contributed by atoms with Gasteiger partial charge >= 0.3 is 0 Å². The molecule has 1 fully saturated rings. The first kappa shape index (κ1) is 12.8. The van der Waals surface area contributed by atoms with E-state index in [0.29, 0.717) is 17.3 Å². The molecule has 4 nitrogen and oxygen atoms in total. The van der Waals surface area contributed by atoms with Gasteiger partial charge in [-0.3, -0.25) is 4.79 Å². The molecule has 1 saturated heterocycles. The van der Waals surface area contributed by atoms with Gasteiger partial charge in [0.25, 0.3) is 5.91 Å². The van der Waals surface area contributed by atoms with Crippen molar-refractivity contribution in [1.29, 1.82) is 0 Å². The van der Waals surface area contributed by atoms with Gasteiger partial charge in [-0.25, -0.2) is 0 Å². The summed E-state index contributed by atoms with van der Waals surface area (Å²) in [6, 6.07) is 0. The van der Waals surface area contributed by atoms with Gasteiger partial charge in [-0.1, -0.05) is 0 Å². The average molecular weight is 234 g/mol. The number of rotatable bonds is 6. The molecule has 0 radical (unpaired) electrons. The van der Waals surface area contributed by atoms with Crippen molar-refractivity contribution in [3.05, 3.63) is 0 Å². The summed E-state index contributed by atoms with van der Waals surface area (Å²) in [6.45, 7) is 1.98. The summed E-state index contributed by atoms with van der Waals surface area (Å²) in [6.07, 6.45) is 2.22. The monoisotopic (exact) mass is 234 g/mol. The molecule has 88 valence electrons. The number of aliphatic hydroxyl groups is 2. The number of hydrogen-bond donors (Lipinski definition) is 2. The number of aliphatic hydroxyl groups excluding tert-OH is 2. The van der Waals surface area contributed by atoms with Gasteiger partial charge in [-0.2, -0.15) is 0 Å². The quantitative estimate of drug-likeness (QED) is 0.592. The number of nitrogens with zero attached hydrogens (tertiary/aromatic N) is 1. The van der Waals surface area contributed by atoms with E-state index in [1.807, 2.05) is 4.90 Å². The maximum Gasteiger partial charge on any atom is 0.272 e. The van der Waals surface area contributed by atoms with E-state index in [9.17, 15) is 4.79 Å². The topological polar surface area (TPSA) is 60.8 Å². The predicted octanol–water partition coefficient (Wildman–Crippen LogP) is -0.788. The molecule has 0 aliphatic carbocycles. The molecule has 0 spiro atoms. The maximum absolute atomic E-state index is 11.8. The fourth-order valence-electron chi connectivity index (χ4n) is 1.74. The molecule has 0 aromatic carbocycles. The summed E-state index contributed by atoms with van der Waals surface area (Å²) in [5.41, 5.74) is 0. The summed E-state index contributed by atoms with van der Waals surface area (Å²) in [7, 11) is -0.142. The lowest BCUT2D eigenvalue weighted by Crippen LogP contribution is -2.36. The van der Waals surface area contributed by atoms with Gasteiger partial charge in [0, 0.05) is 24.0 Å². The van der Waals surface area contributed by atoms with Crippen molar-refractivity contribution in [3.63, 3.8) is 0 Å². The van der Waals surface area contributed by atoms with Crippen LogP contribution in [0, 0.1) is 0 Å². The summed E-state index contributed by atoms with van der Waals surface area (Å²) in [5.74, 6) is 1.97. The summed E-state index contributed by atoms with van der Waals surface area (Å²) < 4.78 is 0. The zero-order valence-corrected chi connectivity index (χ0v) is 9.84. The van der Waals surface area contributed by atoms with Gasteiger partial charge in [-0.15, -0.1) is 0 Å². The standard InChI is InChI=1S/C10H20NO3S/c12-5-7-15(8-6-13)9-10(14)11-3-1-2-4-11/h12-13H,1-9H2/q+1. The minimum atomic E-state index is -0.142.